The highest BCUT2D eigenvalue weighted by Gasteiger charge is 2.20. The van der Waals surface area contributed by atoms with Gasteiger partial charge < -0.3 is 4.74 Å². The standard InChI is InChI=1S/C22H19N3O3S2/c1-14-20(21(27)25(23(14)2)15-9-5-4-6-10-15)24-19(26)13-18(30-22(24)29)16-11-7-8-12-17(16)28-3/h4-13H,1-3H3. The molecule has 2 heterocycles. The van der Waals surface area contributed by atoms with Gasteiger partial charge in [0.25, 0.3) is 11.1 Å². The second-order valence-corrected chi connectivity index (χ2v) is 8.34. The third-order valence-electron chi connectivity index (χ3n) is 4.97. The van der Waals surface area contributed by atoms with E-state index in [2.05, 4.69) is 0 Å². The van der Waals surface area contributed by atoms with Crippen molar-refractivity contribution >= 4 is 23.6 Å². The van der Waals surface area contributed by atoms with Crippen molar-refractivity contribution in [3.63, 3.8) is 0 Å². The van der Waals surface area contributed by atoms with Crippen LogP contribution in [0.4, 0.5) is 0 Å². The number of methoxy groups -OCH3 is 1. The first-order valence-electron chi connectivity index (χ1n) is 9.19. The first-order valence-corrected chi connectivity index (χ1v) is 10.4. The Morgan fingerprint density at radius 1 is 1.00 bits per heavy atom. The fourth-order valence-corrected chi connectivity index (χ4v) is 4.78. The number of ether oxygens (including phenoxy) is 1. The molecule has 0 amide bonds. The molecule has 0 unspecified atom stereocenters. The zero-order valence-corrected chi connectivity index (χ0v) is 18.3. The van der Waals surface area contributed by atoms with Crippen LogP contribution in [0, 0.1) is 10.9 Å². The normalized spacial score (nSPS) is 10.9. The Kier molecular flexibility index (Phi) is 5.27. The minimum atomic E-state index is -0.356. The summed E-state index contributed by atoms with van der Waals surface area (Å²) in [6.45, 7) is 1.80. The highest BCUT2D eigenvalue weighted by molar-refractivity contribution is 7.73. The van der Waals surface area contributed by atoms with Gasteiger partial charge in [0.1, 0.15) is 11.4 Å². The molecule has 2 aromatic carbocycles. The molecule has 0 N–H and O–H groups in total. The molecule has 30 heavy (non-hydrogen) atoms. The number of rotatable bonds is 4. The van der Waals surface area contributed by atoms with E-state index in [0.29, 0.717) is 26.0 Å². The van der Waals surface area contributed by atoms with Crippen molar-refractivity contribution in [2.45, 2.75) is 6.92 Å². The first-order chi connectivity index (χ1) is 14.4. The van der Waals surface area contributed by atoms with E-state index < -0.39 is 0 Å². The number of hydrogen-bond acceptors (Lipinski definition) is 5. The summed E-state index contributed by atoms with van der Waals surface area (Å²) in [5, 5.41) is 0. The van der Waals surface area contributed by atoms with Gasteiger partial charge >= 0.3 is 0 Å². The van der Waals surface area contributed by atoms with Crippen LogP contribution in [0.3, 0.4) is 0 Å². The third kappa shape index (κ3) is 3.24. The monoisotopic (exact) mass is 437 g/mol. The van der Waals surface area contributed by atoms with Crippen molar-refractivity contribution in [1.82, 2.24) is 13.9 Å². The van der Waals surface area contributed by atoms with Gasteiger partial charge in [-0.25, -0.2) is 4.68 Å². The Labute approximate surface area is 181 Å². The minimum absolute atomic E-state index is 0.263. The molecule has 6 nitrogen and oxygen atoms in total. The van der Waals surface area contributed by atoms with Gasteiger partial charge in [0.15, 0.2) is 3.95 Å². The van der Waals surface area contributed by atoms with Gasteiger partial charge in [0.05, 0.1) is 18.5 Å². The maximum absolute atomic E-state index is 13.3. The summed E-state index contributed by atoms with van der Waals surface area (Å²) in [6, 6.07) is 18.2. The Balaban J connectivity index is 1.95. The van der Waals surface area contributed by atoms with E-state index in [4.69, 9.17) is 17.0 Å². The van der Waals surface area contributed by atoms with Gasteiger partial charge in [-0.05, 0) is 43.4 Å². The smallest absolute Gasteiger partial charge is 0.296 e. The second kappa shape index (κ2) is 7.89. The van der Waals surface area contributed by atoms with Crippen molar-refractivity contribution < 1.29 is 4.74 Å². The molecule has 0 fully saturated rings. The van der Waals surface area contributed by atoms with Crippen LogP contribution in [0.15, 0.2) is 70.3 Å². The lowest BCUT2D eigenvalue weighted by molar-refractivity contribution is 0.416. The van der Waals surface area contributed by atoms with Crippen LogP contribution in [-0.2, 0) is 7.05 Å². The van der Waals surface area contributed by atoms with E-state index in [1.165, 1.54) is 26.7 Å². The van der Waals surface area contributed by atoms with Crippen molar-refractivity contribution in [2.24, 2.45) is 7.05 Å². The van der Waals surface area contributed by atoms with Crippen LogP contribution in [0.2, 0.25) is 0 Å². The van der Waals surface area contributed by atoms with Crippen LogP contribution in [0.5, 0.6) is 5.75 Å². The molecule has 2 aromatic heterocycles. The summed E-state index contributed by atoms with van der Waals surface area (Å²) < 4.78 is 10.3. The average Bonchev–Trinajstić information content (AvgIpc) is 2.97. The number of benzene rings is 2. The molecule has 4 aromatic rings. The molecular weight excluding hydrogens is 418 g/mol. The number of hydrogen-bond donors (Lipinski definition) is 0. The molecule has 0 atom stereocenters. The highest BCUT2D eigenvalue weighted by atomic mass is 32.1. The highest BCUT2D eigenvalue weighted by Crippen LogP contribution is 2.32. The van der Waals surface area contributed by atoms with Gasteiger partial charge in [-0.2, -0.15) is 0 Å². The van der Waals surface area contributed by atoms with Crippen molar-refractivity contribution in [3.8, 4) is 27.6 Å². The lowest BCUT2D eigenvalue weighted by Crippen LogP contribution is -2.26. The quantitative estimate of drug-likeness (QED) is 0.451. The van der Waals surface area contributed by atoms with Crippen LogP contribution < -0.4 is 15.9 Å². The van der Waals surface area contributed by atoms with Gasteiger partial charge in [0.2, 0.25) is 0 Å². The second-order valence-electron chi connectivity index (χ2n) is 6.66. The van der Waals surface area contributed by atoms with Crippen LogP contribution >= 0.6 is 23.6 Å². The van der Waals surface area contributed by atoms with Crippen LogP contribution in [0.1, 0.15) is 5.69 Å². The first kappa shape index (κ1) is 20.1. The third-order valence-corrected chi connectivity index (χ3v) is 6.32. The number of aromatic nitrogens is 3. The Morgan fingerprint density at radius 2 is 1.67 bits per heavy atom. The Morgan fingerprint density at radius 3 is 2.33 bits per heavy atom. The van der Waals surface area contributed by atoms with E-state index in [9.17, 15) is 9.59 Å². The molecule has 0 aliphatic rings. The van der Waals surface area contributed by atoms with Gasteiger partial charge in [0, 0.05) is 23.6 Å². The summed E-state index contributed by atoms with van der Waals surface area (Å²) in [5.41, 5.74) is 1.75. The lowest BCUT2D eigenvalue weighted by atomic mass is 10.1. The molecule has 0 saturated carbocycles. The summed E-state index contributed by atoms with van der Waals surface area (Å²) >= 11 is 6.82. The molecule has 0 saturated heterocycles. The fraction of sp³-hybridized carbons (Fsp3) is 0.136. The summed E-state index contributed by atoms with van der Waals surface area (Å²) in [7, 11) is 3.37. The van der Waals surface area contributed by atoms with Crippen molar-refractivity contribution in [2.75, 3.05) is 7.11 Å². The van der Waals surface area contributed by atoms with Gasteiger partial charge in [-0.15, -0.1) is 11.3 Å². The van der Waals surface area contributed by atoms with E-state index in [1.807, 2.05) is 54.6 Å². The maximum atomic E-state index is 13.3. The molecule has 4 rings (SSSR count). The predicted octanol–water partition coefficient (Wildman–Crippen LogP) is 4.10. The van der Waals surface area contributed by atoms with Crippen LogP contribution in [0.25, 0.3) is 21.8 Å². The zero-order chi connectivity index (χ0) is 21.4. The maximum Gasteiger partial charge on any atom is 0.296 e. The predicted molar refractivity (Wildman–Crippen MR) is 122 cm³/mol. The molecule has 0 bridgehead atoms. The topological polar surface area (TPSA) is 58.2 Å². The summed E-state index contributed by atoms with van der Waals surface area (Å²) in [4.78, 5) is 27.1. The minimum Gasteiger partial charge on any atom is -0.496 e. The van der Waals surface area contributed by atoms with E-state index in [1.54, 1.807) is 25.8 Å². The molecule has 0 spiro atoms. The van der Waals surface area contributed by atoms with E-state index in [0.717, 1.165) is 5.56 Å². The molecule has 0 radical (unpaired) electrons. The molecule has 0 aliphatic heterocycles. The lowest BCUT2D eigenvalue weighted by Gasteiger charge is -2.09. The number of nitrogens with zero attached hydrogens (tertiary/aromatic N) is 3. The van der Waals surface area contributed by atoms with Crippen LogP contribution in [-0.4, -0.2) is 21.0 Å². The Bertz CT molecular complexity index is 1380. The summed E-state index contributed by atoms with van der Waals surface area (Å²) in [5.74, 6) is 0.655. The Hall–Kier alpha value is -3.23. The zero-order valence-electron chi connectivity index (χ0n) is 16.7. The molecular formula is C22H19N3O3S2. The van der Waals surface area contributed by atoms with Crippen molar-refractivity contribution in [1.29, 1.82) is 0 Å². The largest absolute Gasteiger partial charge is 0.496 e. The van der Waals surface area contributed by atoms with Gasteiger partial charge in [-0.3, -0.25) is 18.8 Å². The van der Waals surface area contributed by atoms with Crippen molar-refractivity contribution in [3.05, 3.63) is 91.0 Å². The van der Waals surface area contributed by atoms with E-state index in [-0.39, 0.29) is 16.8 Å². The number of para-hydroxylation sites is 2. The molecule has 8 heteroatoms. The molecule has 0 aliphatic carbocycles. The van der Waals surface area contributed by atoms with Gasteiger partial charge in [-0.1, -0.05) is 30.3 Å². The molecule has 152 valence electrons. The SMILES string of the molecule is COc1ccccc1-c1cc(=O)n(-c2c(C)n(C)n(-c3ccccc3)c2=O)c(=S)s1. The average molecular weight is 438 g/mol. The summed E-state index contributed by atoms with van der Waals surface area (Å²) in [6.07, 6.45) is 0. The fourth-order valence-electron chi connectivity index (χ4n) is 3.43. The van der Waals surface area contributed by atoms with E-state index >= 15 is 0 Å².